The van der Waals surface area contributed by atoms with Gasteiger partial charge in [0.25, 0.3) is 5.91 Å². The minimum atomic E-state index is -0.582. The first kappa shape index (κ1) is 13.0. The molecule has 1 aromatic carbocycles. The van der Waals surface area contributed by atoms with Crippen molar-refractivity contribution in [3.63, 3.8) is 0 Å². The van der Waals surface area contributed by atoms with Gasteiger partial charge in [0.2, 0.25) is 0 Å². The number of nitrogens with two attached hydrogens (primary N) is 1. The highest BCUT2D eigenvalue weighted by molar-refractivity contribution is 5.99. The molecule has 2 rings (SSSR count). The fourth-order valence-corrected chi connectivity index (χ4v) is 1.70. The number of pyridine rings is 1. The molecule has 19 heavy (non-hydrogen) atoms. The van der Waals surface area contributed by atoms with Gasteiger partial charge in [0.05, 0.1) is 11.3 Å². The van der Waals surface area contributed by atoms with Crippen molar-refractivity contribution in [2.75, 3.05) is 12.3 Å². The van der Waals surface area contributed by atoms with Gasteiger partial charge >= 0.3 is 0 Å². The highest BCUT2D eigenvalue weighted by atomic mass is 19.1. The number of anilines is 1. The molecular formula is C14H14FN3O. The molecule has 1 amide bonds. The smallest absolute Gasteiger partial charge is 0.253 e. The second kappa shape index (κ2) is 5.95. The third-order valence-corrected chi connectivity index (χ3v) is 2.75. The van der Waals surface area contributed by atoms with Crippen LogP contribution in [0.5, 0.6) is 0 Å². The maximum Gasteiger partial charge on any atom is 0.253 e. The number of para-hydroxylation sites is 1. The van der Waals surface area contributed by atoms with E-state index in [0.717, 1.165) is 5.56 Å². The SMILES string of the molecule is Nc1c(F)cccc1C(=O)NCCc1ccncc1. The number of carbonyl (C=O) groups is 1. The summed E-state index contributed by atoms with van der Waals surface area (Å²) in [5.74, 6) is -0.951. The van der Waals surface area contributed by atoms with Crippen molar-refractivity contribution < 1.29 is 9.18 Å². The number of carbonyl (C=O) groups excluding carboxylic acids is 1. The summed E-state index contributed by atoms with van der Waals surface area (Å²) in [4.78, 5) is 15.7. The lowest BCUT2D eigenvalue weighted by molar-refractivity contribution is 0.0954. The number of hydrogen-bond donors (Lipinski definition) is 2. The average Bonchev–Trinajstić information content (AvgIpc) is 2.43. The molecule has 98 valence electrons. The van der Waals surface area contributed by atoms with Gasteiger partial charge in [-0.3, -0.25) is 9.78 Å². The zero-order valence-electron chi connectivity index (χ0n) is 10.3. The minimum absolute atomic E-state index is 0.121. The molecule has 3 N–H and O–H groups in total. The van der Waals surface area contributed by atoms with Crippen LogP contribution in [0.15, 0.2) is 42.7 Å². The predicted molar refractivity (Wildman–Crippen MR) is 71.1 cm³/mol. The Hall–Kier alpha value is -2.43. The van der Waals surface area contributed by atoms with E-state index in [1.165, 1.54) is 18.2 Å². The van der Waals surface area contributed by atoms with Gasteiger partial charge in [-0.15, -0.1) is 0 Å². The number of rotatable bonds is 4. The summed E-state index contributed by atoms with van der Waals surface area (Å²) in [6.45, 7) is 0.457. The molecule has 0 radical (unpaired) electrons. The average molecular weight is 259 g/mol. The lowest BCUT2D eigenvalue weighted by Gasteiger charge is -2.08. The molecule has 2 aromatic rings. The highest BCUT2D eigenvalue weighted by Crippen LogP contribution is 2.15. The van der Waals surface area contributed by atoms with Gasteiger partial charge in [0.15, 0.2) is 0 Å². The lowest BCUT2D eigenvalue weighted by atomic mass is 10.1. The van der Waals surface area contributed by atoms with Crippen molar-refractivity contribution in [1.29, 1.82) is 0 Å². The fourth-order valence-electron chi connectivity index (χ4n) is 1.70. The van der Waals surface area contributed by atoms with Crippen molar-refractivity contribution in [2.45, 2.75) is 6.42 Å². The number of benzene rings is 1. The van der Waals surface area contributed by atoms with E-state index in [1.807, 2.05) is 12.1 Å². The molecule has 0 spiro atoms. The molecule has 0 saturated carbocycles. The van der Waals surface area contributed by atoms with Crippen LogP contribution in [0.3, 0.4) is 0 Å². The second-order valence-corrected chi connectivity index (χ2v) is 4.06. The summed E-state index contributed by atoms with van der Waals surface area (Å²) in [5.41, 5.74) is 6.63. The Bertz CT molecular complexity index is 572. The quantitative estimate of drug-likeness (QED) is 0.822. The molecule has 0 fully saturated rings. The molecule has 0 saturated heterocycles. The van der Waals surface area contributed by atoms with E-state index in [0.29, 0.717) is 13.0 Å². The van der Waals surface area contributed by atoms with Gasteiger partial charge in [-0.2, -0.15) is 0 Å². The molecular weight excluding hydrogens is 245 g/mol. The van der Waals surface area contributed by atoms with Crippen molar-refractivity contribution in [3.8, 4) is 0 Å². The Kier molecular flexibility index (Phi) is 4.07. The number of nitrogens with zero attached hydrogens (tertiary/aromatic N) is 1. The standard InChI is InChI=1S/C14H14FN3O/c15-12-3-1-2-11(13(12)16)14(19)18-9-6-10-4-7-17-8-5-10/h1-5,7-8H,6,9,16H2,(H,18,19). The van der Waals surface area contributed by atoms with Gasteiger partial charge in [-0.1, -0.05) is 6.07 Å². The largest absolute Gasteiger partial charge is 0.396 e. The van der Waals surface area contributed by atoms with Gasteiger partial charge in [0, 0.05) is 18.9 Å². The van der Waals surface area contributed by atoms with Crippen molar-refractivity contribution >= 4 is 11.6 Å². The summed E-state index contributed by atoms with van der Waals surface area (Å²) in [7, 11) is 0. The van der Waals surface area contributed by atoms with E-state index in [4.69, 9.17) is 5.73 Å². The van der Waals surface area contributed by atoms with Crippen LogP contribution < -0.4 is 11.1 Å². The Labute approximate surface area is 110 Å². The maximum atomic E-state index is 13.2. The summed E-state index contributed by atoms with van der Waals surface area (Å²) >= 11 is 0. The van der Waals surface area contributed by atoms with Crippen LogP contribution in [0.2, 0.25) is 0 Å². The normalized spacial score (nSPS) is 10.2. The molecule has 1 heterocycles. The summed E-state index contributed by atoms with van der Waals surface area (Å²) in [5, 5.41) is 2.71. The van der Waals surface area contributed by atoms with Gasteiger partial charge in [-0.25, -0.2) is 4.39 Å². The van der Waals surface area contributed by atoms with Crippen LogP contribution in [0.4, 0.5) is 10.1 Å². The van der Waals surface area contributed by atoms with E-state index >= 15 is 0 Å². The number of halogens is 1. The third kappa shape index (κ3) is 3.28. The van der Waals surface area contributed by atoms with Crippen molar-refractivity contribution in [1.82, 2.24) is 10.3 Å². The first-order valence-electron chi connectivity index (χ1n) is 5.89. The summed E-state index contributed by atoms with van der Waals surface area (Å²) in [6.07, 6.45) is 4.08. The lowest BCUT2D eigenvalue weighted by Crippen LogP contribution is -2.26. The molecule has 0 aliphatic heterocycles. The molecule has 4 nitrogen and oxygen atoms in total. The van der Waals surface area contributed by atoms with Gasteiger partial charge < -0.3 is 11.1 Å². The van der Waals surface area contributed by atoms with Crippen LogP contribution in [0.1, 0.15) is 15.9 Å². The number of nitrogen functional groups attached to an aromatic ring is 1. The van der Waals surface area contributed by atoms with Crippen LogP contribution >= 0.6 is 0 Å². The zero-order valence-corrected chi connectivity index (χ0v) is 10.3. The van der Waals surface area contributed by atoms with E-state index in [-0.39, 0.29) is 17.2 Å². The van der Waals surface area contributed by atoms with Crippen LogP contribution in [0.25, 0.3) is 0 Å². The first-order valence-corrected chi connectivity index (χ1v) is 5.89. The Morgan fingerprint density at radius 3 is 2.74 bits per heavy atom. The highest BCUT2D eigenvalue weighted by Gasteiger charge is 2.11. The van der Waals surface area contributed by atoms with Crippen molar-refractivity contribution in [3.05, 3.63) is 59.7 Å². The van der Waals surface area contributed by atoms with Crippen molar-refractivity contribution in [2.24, 2.45) is 0 Å². The number of nitrogens with one attached hydrogen (secondary N) is 1. The Morgan fingerprint density at radius 1 is 1.26 bits per heavy atom. The van der Waals surface area contributed by atoms with Crippen LogP contribution in [-0.2, 0) is 6.42 Å². The fraction of sp³-hybridized carbons (Fsp3) is 0.143. The topological polar surface area (TPSA) is 68.0 Å². The van der Waals surface area contributed by atoms with Gasteiger partial charge in [-0.05, 0) is 36.2 Å². The maximum absolute atomic E-state index is 13.2. The van der Waals surface area contributed by atoms with E-state index < -0.39 is 5.82 Å². The van der Waals surface area contributed by atoms with E-state index in [2.05, 4.69) is 10.3 Å². The third-order valence-electron chi connectivity index (χ3n) is 2.75. The van der Waals surface area contributed by atoms with E-state index in [1.54, 1.807) is 12.4 Å². The first-order chi connectivity index (χ1) is 9.18. The molecule has 1 aromatic heterocycles. The summed E-state index contributed by atoms with van der Waals surface area (Å²) < 4.78 is 13.2. The number of hydrogen-bond acceptors (Lipinski definition) is 3. The Morgan fingerprint density at radius 2 is 2.00 bits per heavy atom. The molecule has 5 heteroatoms. The molecule has 0 aliphatic rings. The monoisotopic (exact) mass is 259 g/mol. The molecule has 0 aliphatic carbocycles. The molecule has 0 unspecified atom stereocenters. The van der Waals surface area contributed by atoms with E-state index in [9.17, 15) is 9.18 Å². The second-order valence-electron chi connectivity index (χ2n) is 4.06. The van der Waals surface area contributed by atoms with Gasteiger partial charge in [0.1, 0.15) is 5.82 Å². The number of aromatic nitrogens is 1. The molecule has 0 bridgehead atoms. The number of amides is 1. The predicted octanol–water partition coefficient (Wildman–Crippen LogP) is 1.78. The summed E-state index contributed by atoms with van der Waals surface area (Å²) in [6, 6.07) is 7.94. The minimum Gasteiger partial charge on any atom is -0.396 e. The zero-order chi connectivity index (χ0) is 13.7. The van der Waals surface area contributed by atoms with Crippen LogP contribution in [-0.4, -0.2) is 17.4 Å². The Balaban J connectivity index is 1.93. The van der Waals surface area contributed by atoms with Crippen LogP contribution in [0, 0.1) is 5.82 Å². The molecule has 0 atom stereocenters.